The zero-order chi connectivity index (χ0) is 11.4. The molecule has 1 aliphatic rings. The van der Waals surface area contributed by atoms with Gasteiger partial charge < -0.3 is 0 Å². The predicted octanol–water partition coefficient (Wildman–Crippen LogP) is 4.76. The molecule has 1 aliphatic carbocycles. The summed E-state index contributed by atoms with van der Waals surface area (Å²) in [6.07, 6.45) is 6.65. The number of halogens is 1. The molecule has 1 aromatic rings. The summed E-state index contributed by atoms with van der Waals surface area (Å²) < 4.78 is 0.951. The van der Waals surface area contributed by atoms with Crippen molar-refractivity contribution in [3.8, 4) is 0 Å². The number of carbonyl (C=O) groups excluding carboxylic acids is 1. The number of ketones is 1. The standard InChI is InChI=1S/C12H15BrOS2/c13-10-6-7-15-12(10)11(14)8-16-9-4-2-1-3-5-9/h6-7,9H,1-5,8H2. The van der Waals surface area contributed by atoms with Gasteiger partial charge in [-0.15, -0.1) is 11.3 Å². The van der Waals surface area contributed by atoms with Crippen LogP contribution in [0, 0.1) is 0 Å². The highest BCUT2D eigenvalue weighted by molar-refractivity contribution is 9.10. The van der Waals surface area contributed by atoms with E-state index < -0.39 is 0 Å². The molecule has 0 N–H and O–H groups in total. The Labute approximate surface area is 113 Å². The van der Waals surface area contributed by atoms with Gasteiger partial charge in [-0.05, 0) is 40.2 Å². The zero-order valence-corrected chi connectivity index (χ0v) is 12.3. The van der Waals surface area contributed by atoms with E-state index in [4.69, 9.17) is 0 Å². The molecule has 0 aromatic carbocycles. The molecule has 1 saturated carbocycles. The average molecular weight is 319 g/mol. The van der Waals surface area contributed by atoms with E-state index in [-0.39, 0.29) is 5.78 Å². The molecule has 88 valence electrons. The molecular weight excluding hydrogens is 304 g/mol. The fourth-order valence-corrected chi connectivity index (χ4v) is 4.81. The molecule has 2 rings (SSSR count). The molecule has 0 atom stereocenters. The van der Waals surface area contributed by atoms with E-state index in [9.17, 15) is 4.79 Å². The van der Waals surface area contributed by atoms with Crippen LogP contribution in [0.25, 0.3) is 0 Å². The first-order chi connectivity index (χ1) is 7.77. The van der Waals surface area contributed by atoms with Crippen LogP contribution in [0.5, 0.6) is 0 Å². The maximum atomic E-state index is 11.9. The molecule has 0 unspecified atom stereocenters. The number of carbonyl (C=O) groups is 1. The molecule has 0 bridgehead atoms. The van der Waals surface area contributed by atoms with Gasteiger partial charge in [-0.25, -0.2) is 0 Å². The van der Waals surface area contributed by atoms with E-state index >= 15 is 0 Å². The molecule has 0 spiro atoms. The van der Waals surface area contributed by atoms with Gasteiger partial charge in [0, 0.05) is 9.72 Å². The second-order valence-electron chi connectivity index (χ2n) is 4.09. The lowest BCUT2D eigenvalue weighted by Gasteiger charge is -2.20. The van der Waals surface area contributed by atoms with Crippen LogP contribution in [0.4, 0.5) is 0 Å². The highest BCUT2D eigenvalue weighted by Crippen LogP contribution is 2.30. The van der Waals surface area contributed by atoms with Crippen molar-refractivity contribution < 1.29 is 4.79 Å². The maximum Gasteiger partial charge on any atom is 0.183 e. The van der Waals surface area contributed by atoms with Gasteiger partial charge in [0.2, 0.25) is 0 Å². The van der Waals surface area contributed by atoms with Gasteiger partial charge in [0.1, 0.15) is 0 Å². The van der Waals surface area contributed by atoms with Crippen molar-refractivity contribution in [2.75, 3.05) is 5.75 Å². The van der Waals surface area contributed by atoms with Crippen LogP contribution in [0.1, 0.15) is 41.8 Å². The van der Waals surface area contributed by atoms with Gasteiger partial charge in [-0.2, -0.15) is 11.8 Å². The van der Waals surface area contributed by atoms with Crippen molar-refractivity contribution in [3.05, 3.63) is 20.8 Å². The van der Waals surface area contributed by atoms with Crippen LogP contribution in [-0.2, 0) is 0 Å². The SMILES string of the molecule is O=C(CSC1CCCCC1)c1sccc1Br. The molecular formula is C12H15BrOS2. The quantitative estimate of drug-likeness (QED) is 0.744. The lowest BCUT2D eigenvalue weighted by Crippen LogP contribution is -2.11. The van der Waals surface area contributed by atoms with Crippen LogP contribution < -0.4 is 0 Å². The Bertz CT molecular complexity index is 356. The van der Waals surface area contributed by atoms with Crippen molar-refractivity contribution in [2.24, 2.45) is 0 Å². The van der Waals surface area contributed by atoms with E-state index in [1.165, 1.54) is 43.4 Å². The first-order valence-corrected chi connectivity index (χ1v) is 8.37. The minimum atomic E-state index is 0.275. The molecule has 1 heterocycles. The molecule has 0 aliphatic heterocycles. The second-order valence-corrected chi connectivity index (χ2v) is 7.15. The van der Waals surface area contributed by atoms with E-state index in [0.717, 1.165) is 14.6 Å². The minimum absolute atomic E-state index is 0.275. The normalized spacial score (nSPS) is 17.6. The van der Waals surface area contributed by atoms with Gasteiger partial charge >= 0.3 is 0 Å². The molecule has 0 radical (unpaired) electrons. The molecule has 16 heavy (non-hydrogen) atoms. The molecule has 1 aromatic heterocycles. The van der Waals surface area contributed by atoms with E-state index in [2.05, 4.69) is 15.9 Å². The van der Waals surface area contributed by atoms with Crippen molar-refractivity contribution in [2.45, 2.75) is 37.4 Å². The number of hydrogen-bond donors (Lipinski definition) is 0. The number of thiophene rings is 1. The minimum Gasteiger partial charge on any atom is -0.292 e. The fraction of sp³-hybridized carbons (Fsp3) is 0.583. The molecule has 4 heteroatoms. The number of Topliss-reactive ketones (excluding diaryl/α,β-unsaturated/α-hetero) is 1. The summed E-state index contributed by atoms with van der Waals surface area (Å²) in [6.45, 7) is 0. The van der Waals surface area contributed by atoms with Crippen molar-refractivity contribution in [1.29, 1.82) is 0 Å². The second kappa shape index (κ2) is 6.22. The number of hydrogen-bond acceptors (Lipinski definition) is 3. The number of rotatable bonds is 4. The summed E-state index contributed by atoms with van der Waals surface area (Å²) in [6, 6.07) is 1.95. The van der Waals surface area contributed by atoms with E-state index in [1.807, 2.05) is 23.2 Å². The van der Waals surface area contributed by atoms with Gasteiger partial charge in [-0.1, -0.05) is 19.3 Å². The van der Waals surface area contributed by atoms with E-state index in [0.29, 0.717) is 5.75 Å². The van der Waals surface area contributed by atoms with Crippen LogP contribution in [0.3, 0.4) is 0 Å². The van der Waals surface area contributed by atoms with Crippen LogP contribution in [0.2, 0.25) is 0 Å². The molecule has 1 nitrogen and oxygen atoms in total. The van der Waals surface area contributed by atoms with Crippen molar-refractivity contribution in [1.82, 2.24) is 0 Å². The van der Waals surface area contributed by atoms with Crippen molar-refractivity contribution in [3.63, 3.8) is 0 Å². The lowest BCUT2D eigenvalue weighted by molar-refractivity contribution is 0.102. The van der Waals surface area contributed by atoms with Crippen LogP contribution in [0.15, 0.2) is 15.9 Å². The summed E-state index contributed by atoms with van der Waals surface area (Å²) in [5.41, 5.74) is 0. The Morgan fingerprint density at radius 2 is 2.19 bits per heavy atom. The molecule has 0 amide bonds. The highest BCUT2D eigenvalue weighted by atomic mass is 79.9. The molecule has 1 fully saturated rings. The Morgan fingerprint density at radius 3 is 2.81 bits per heavy atom. The number of thioether (sulfide) groups is 1. The first-order valence-electron chi connectivity index (χ1n) is 5.65. The van der Waals surface area contributed by atoms with E-state index in [1.54, 1.807) is 0 Å². The third-order valence-electron chi connectivity index (χ3n) is 2.87. The Kier molecular flexibility index (Phi) is 4.92. The van der Waals surface area contributed by atoms with Gasteiger partial charge in [-0.3, -0.25) is 4.79 Å². The summed E-state index contributed by atoms with van der Waals surface area (Å²) in [5.74, 6) is 0.918. The Hall–Kier alpha value is 0.200. The summed E-state index contributed by atoms with van der Waals surface area (Å²) in [4.78, 5) is 12.8. The Morgan fingerprint density at radius 1 is 1.44 bits per heavy atom. The fourth-order valence-electron chi connectivity index (χ4n) is 1.98. The zero-order valence-electron chi connectivity index (χ0n) is 9.08. The van der Waals surface area contributed by atoms with Gasteiger partial charge in [0.15, 0.2) is 5.78 Å². The van der Waals surface area contributed by atoms with Crippen molar-refractivity contribution >= 4 is 44.8 Å². The first kappa shape index (κ1) is 12.7. The largest absolute Gasteiger partial charge is 0.292 e. The monoisotopic (exact) mass is 318 g/mol. The summed E-state index contributed by atoms with van der Waals surface area (Å²) in [5, 5.41) is 2.68. The summed E-state index contributed by atoms with van der Waals surface area (Å²) >= 11 is 6.80. The third kappa shape index (κ3) is 3.34. The van der Waals surface area contributed by atoms with Crippen LogP contribution >= 0.6 is 39.0 Å². The third-order valence-corrected chi connectivity index (χ3v) is 6.12. The van der Waals surface area contributed by atoms with Gasteiger partial charge in [0.05, 0.1) is 10.6 Å². The average Bonchev–Trinajstić information content (AvgIpc) is 2.74. The van der Waals surface area contributed by atoms with Gasteiger partial charge in [0.25, 0.3) is 0 Å². The maximum absolute atomic E-state index is 11.9. The van der Waals surface area contributed by atoms with Crippen LogP contribution in [-0.4, -0.2) is 16.8 Å². The smallest absolute Gasteiger partial charge is 0.183 e. The highest BCUT2D eigenvalue weighted by Gasteiger charge is 2.17. The topological polar surface area (TPSA) is 17.1 Å². The Balaban J connectivity index is 1.81. The molecule has 0 saturated heterocycles. The predicted molar refractivity (Wildman–Crippen MR) is 75.7 cm³/mol. The lowest BCUT2D eigenvalue weighted by atomic mass is 10.0. The summed E-state index contributed by atoms with van der Waals surface area (Å²) in [7, 11) is 0.